The summed E-state index contributed by atoms with van der Waals surface area (Å²) in [5, 5.41) is 3.46. The molecule has 0 fully saturated rings. The maximum atomic E-state index is 5.43. The normalized spacial score (nSPS) is 9.85. The van der Waals surface area contributed by atoms with Crippen molar-refractivity contribution in [1.82, 2.24) is 0 Å². The molecule has 0 aromatic heterocycles. The lowest BCUT2D eigenvalue weighted by Gasteiger charge is -2.11. The Hall–Kier alpha value is -2.40. The van der Waals surface area contributed by atoms with Crippen molar-refractivity contribution in [2.75, 3.05) is 11.9 Å². The molecule has 0 aliphatic rings. The van der Waals surface area contributed by atoms with Gasteiger partial charge in [-0.15, -0.1) is 6.42 Å². The Morgan fingerprint density at radius 1 is 1.15 bits per heavy atom. The molecule has 2 heteroatoms. The van der Waals surface area contributed by atoms with E-state index < -0.39 is 0 Å². The minimum atomic E-state index is 0.299. The third-order valence-corrected chi connectivity index (χ3v) is 3.10. The van der Waals surface area contributed by atoms with Crippen LogP contribution in [0.5, 0.6) is 5.75 Å². The smallest absolute Gasteiger partial charge is 0.148 e. The van der Waals surface area contributed by atoms with E-state index in [1.807, 2.05) is 18.2 Å². The summed E-state index contributed by atoms with van der Waals surface area (Å²) in [6, 6.07) is 14.4. The number of hydrogen-bond donors (Lipinski definition) is 1. The number of anilines is 1. The second-order valence-electron chi connectivity index (χ2n) is 4.81. The number of rotatable bonds is 5. The topological polar surface area (TPSA) is 21.3 Å². The molecule has 1 N–H and O–H groups in total. The van der Waals surface area contributed by atoms with Gasteiger partial charge in [0.25, 0.3) is 0 Å². The van der Waals surface area contributed by atoms with Crippen molar-refractivity contribution in [3.63, 3.8) is 0 Å². The van der Waals surface area contributed by atoms with Gasteiger partial charge in [0, 0.05) is 12.2 Å². The monoisotopic (exact) mass is 265 g/mol. The Morgan fingerprint density at radius 2 is 2.00 bits per heavy atom. The molecule has 0 bridgehead atoms. The van der Waals surface area contributed by atoms with Crippen LogP contribution in [0.15, 0.2) is 42.5 Å². The molecule has 0 radical (unpaired) electrons. The highest BCUT2D eigenvalue weighted by Crippen LogP contribution is 2.19. The first-order valence-corrected chi connectivity index (χ1v) is 6.65. The van der Waals surface area contributed by atoms with Gasteiger partial charge >= 0.3 is 0 Å². The highest BCUT2D eigenvalue weighted by atomic mass is 16.5. The standard InChI is InChI=1S/C18H19NO/c1-4-10-20-17-7-5-6-16(12-17)13-19-18-11-14(2)8-9-15(18)3/h1,5-9,11-12,19H,10,13H2,2-3H3. The Balaban J connectivity index is 2.03. The van der Waals surface area contributed by atoms with Crippen molar-refractivity contribution in [2.24, 2.45) is 0 Å². The van der Waals surface area contributed by atoms with Crippen LogP contribution in [0.3, 0.4) is 0 Å². The van der Waals surface area contributed by atoms with Crippen molar-refractivity contribution < 1.29 is 4.74 Å². The van der Waals surface area contributed by atoms with Crippen LogP contribution in [0.2, 0.25) is 0 Å². The van der Waals surface area contributed by atoms with Gasteiger partial charge in [-0.2, -0.15) is 0 Å². The van der Waals surface area contributed by atoms with Gasteiger partial charge in [0.15, 0.2) is 0 Å². The Bertz CT molecular complexity index is 626. The fraction of sp³-hybridized carbons (Fsp3) is 0.222. The molecule has 0 heterocycles. The van der Waals surface area contributed by atoms with Gasteiger partial charge in [-0.25, -0.2) is 0 Å². The lowest BCUT2D eigenvalue weighted by atomic mass is 10.1. The maximum absolute atomic E-state index is 5.43. The van der Waals surface area contributed by atoms with E-state index in [0.29, 0.717) is 6.61 Å². The molecule has 0 atom stereocenters. The summed E-state index contributed by atoms with van der Waals surface area (Å²) < 4.78 is 5.43. The summed E-state index contributed by atoms with van der Waals surface area (Å²) in [5.74, 6) is 3.28. The highest BCUT2D eigenvalue weighted by molar-refractivity contribution is 5.52. The minimum absolute atomic E-state index is 0.299. The van der Waals surface area contributed by atoms with E-state index in [-0.39, 0.29) is 0 Å². The van der Waals surface area contributed by atoms with Crippen molar-refractivity contribution in [1.29, 1.82) is 0 Å². The van der Waals surface area contributed by atoms with E-state index in [1.54, 1.807) is 0 Å². The third-order valence-electron chi connectivity index (χ3n) is 3.10. The zero-order valence-corrected chi connectivity index (χ0v) is 11.9. The van der Waals surface area contributed by atoms with E-state index in [9.17, 15) is 0 Å². The van der Waals surface area contributed by atoms with E-state index in [0.717, 1.165) is 12.3 Å². The molecule has 2 aromatic rings. The van der Waals surface area contributed by atoms with Gasteiger partial charge in [-0.3, -0.25) is 0 Å². The van der Waals surface area contributed by atoms with Crippen LogP contribution in [-0.2, 0) is 6.54 Å². The molecular weight excluding hydrogens is 246 g/mol. The molecule has 20 heavy (non-hydrogen) atoms. The van der Waals surface area contributed by atoms with Crippen LogP contribution in [0.4, 0.5) is 5.69 Å². The largest absolute Gasteiger partial charge is 0.481 e. The predicted molar refractivity (Wildman–Crippen MR) is 84.0 cm³/mol. The molecule has 0 unspecified atom stereocenters. The van der Waals surface area contributed by atoms with E-state index in [1.165, 1.54) is 22.4 Å². The number of aryl methyl sites for hydroxylation is 2. The van der Waals surface area contributed by atoms with Gasteiger partial charge in [0.1, 0.15) is 12.4 Å². The van der Waals surface area contributed by atoms with Crippen LogP contribution in [0.25, 0.3) is 0 Å². The number of benzene rings is 2. The van der Waals surface area contributed by atoms with Crippen LogP contribution >= 0.6 is 0 Å². The summed E-state index contributed by atoms with van der Waals surface area (Å²) in [6.45, 7) is 5.26. The first kappa shape index (κ1) is 14.0. The van der Waals surface area contributed by atoms with Crippen molar-refractivity contribution in [2.45, 2.75) is 20.4 Å². The summed E-state index contributed by atoms with van der Waals surface area (Å²) in [7, 11) is 0. The summed E-state index contributed by atoms with van der Waals surface area (Å²) in [4.78, 5) is 0. The quantitative estimate of drug-likeness (QED) is 0.827. The van der Waals surface area contributed by atoms with Gasteiger partial charge < -0.3 is 10.1 Å². The van der Waals surface area contributed by atoms with Gasteiger partial charge in [-0.05, 0) is 48.7 Å². The zero-order valence-electron chi connectivity index (χ0n) is 11.9. The fourth-order valence-corrected chi connectivity index (χ4v) is 1.99. The SMILES string of the molecule is C#CCOc1cccc(CNc2cc(C)ccc2C)c1. The van der Waals surface area contributed by atoms with E-state index >= 15 is 0 Å². The predicted octanol–water partition coefficient (Wildman–Crippen LogP) is 3.93. The average Bonchev–Trinajstić information content (AvgIpc) is 2.46. The van der Waals surface area contributed by atoms with Crippen LogP contribution in [0.1, 0.15) is 16.7 Å². The van der Waals surface area contributed by atoms with Crippen LogP contribution < -0.4 is 10.1 Å². The van der Waals surface area contributed by atoms with Gasteiger partial charge in [0.2, 0.25) is 0 Å². The Kier molecular flexibility index (Phi) is 4.68. The Morgan fingerprint density at radius 3 is 2.80 bits per heavy atom. The average molecular weight is 265 g/mol. The number of hydrogen-bond acceptors (Lipinski definition) is 2. The van der Waals surface area contributed by atoms with Crippen molar-refractivity contribution >= 4 is 5.69 Å². The van der Waals surface area contributed by atoms with Crippen molar-refractivity contribution in [3.05, 3.63) is 59.2 Å². The third kappa shape index (κ3) is 3.80. The fourth-order valence-electron chi connectivity index (χ4n) is 1.99. The molecule has 0 amide bonds. The number of terminal acetylenes is 1. The molecule has 0 spiro atoms. The molecule has 0 aliphatic heterocycles. The van der Waals surface area contributed by atoms with Crippen molar-refractivity contribution in [3.8, 4) is 18.1 Å². The maximum Gasteiger partial charge on any atom is 0.148 e. The molecular formula is C18H19NO. The second-order valence-corrected chi connectivity index (χ2v) is 4.81. The van der Waals surface area contributed by atoms with Gasteiger partial charge in [0.05, 0.1) is 0 Å². The number of nitrogens with one attached hydrogen (secondary N) is 1. The van der Waals surface area contributed by atoms with Crippen LogP contribution in [-0.4, -0.2) is 6.61 Å². The molecule has 0 saturated heterocycles. The zero-order chi connectivity index (χ0) is 14.4. The second kappa shape index (κ2) is 6.68. The lowest BCUT2D eigenvalue weighted by Crippen LogP contribution is -2.02. The number of ether oxygens (including phenoxy) is 1. The summed E-state index contributed by atoms with van der Waals surface area (Å²) in [5.41, 5.74) is 4.83. The first-order chi connectivity index (χ1) is 9.69. The molecule has 2 nitrogen and oxygen atoms in total. The Labute approximate surface area is 120 Å². The summed E-state index contributed by atoms with van der Waals surface area (Å²) in [6.07, 6.45) is 5.19. The minimum Gasteiger partial charge on any atom is -0.481 e. The first-order valence-electron chi connectivity index (χ1n) is 6.65. The molecule has 0 saturated carbocycles. The summed E-state index contributed by atoms with van der Waals surface area (Å²) >= 11 is 0. The van der Waals surface area contributed by atoms with Gasteiger partial charge in [-0.1, -0.05) is 30.2 Å². The molecule has 2 rings (SSSR count). The molecule has 2 aromatic carbocycles. The van der Waals surface area contributed by atoms with E-state index in [4.69, 9.17) is 11.2 Å². The molecule has 0 aliphatic carbocycles. The lowest BCUT2D eigenvalue weighted by molar-refractivity contribution is 0.370. The highest BCUT2D eigenvalue weighted by Gasteiger charge is 2.00. The molecule has 102 valence electrons. The van der Waals surface area contributed by atoms with Crippen LogP contribution in [0, 0.1) is 26.2 Å². The van der Waals surface area contributed by atoms with E-state index in [2.05, 4.69) is 49.4 Å².